The molecule has 2 N–H and O–H groups in total. The third-order valence-corrected chi connectivity index (χ3v) is 3.89. The third kappa shape index (κ3) is 2.51. The van der Waals surface area contributed by atoms with Gasteiger partial charge >= 0.3 is 0 Å². The Morgan fingerprint density at radius 2 is 2.15 bits per heavy atom. The van der Waals surface area contributed by atoms with Gasteiger partial charge in [-0.1, -0.05) is 24.3 Å². The van der Waals surface area contributed by atoms with Crippen LogP contribution in [0.4, 0.5) is 5.95 Å². The molecule has 0 radical (unpaired) electrons. The predicted molar refractivity (Wildman–Crippen MR) is 78.5 cm³/mol. The van der Waals surface area contributed by atoms with Crippen LogP contribution in [0.2, 0.25) is 0 Å². The number of anilines is 1. The molecule has 3 rings (SSSR count). The smallest absolute Gasteiger partial charge is 0.222 e. The Balaban J connectivity index is 1.80. The van der Waals surface area contributed by atoms with Gasteiger partial charge in [0.1, 0.15) is 5.60 Å². The molecule has 1 aromatic carbocycles. The van der Waals surface area contributed by atoms with Gasteiger partial charge in [0, 0.05) is 11.9 Å². The van der Waals surface area contributed by atoms with E-state index in [0.29, 0.717) is 12.5 Å². The number of aromatic nitrogens is 2. The first-order valence-electron chi connectivity index (χ1n) is 7.02. The summed E-state index contributed by atoms with van der Waals surface area (Å²) in [6, 6.07) is 9.99. The fraction of sp³-hybridized carbons (Fsp3) is 0.375. The van der Waals surface area contributed by atoms with E-state index < -0.39 is 5.60 Å². The summed E-state index contributed by atoms with van der Waals surface area (Å²) in [6.45, 7) is 2.37. The summed E-state index contributed by atoms with van der Waals surface area (Å²) >= 11 is 0. The van der Waals surface area contributed by atoms with Crippen LogP contribution in [-0.4, -0.2) is 21.6 Å². The fourth-order valence-electron chi connectivity index (χ4n) is 2.84. The maximum Gasteiger partial charge on any atom is 0.222 e. The molecule has 4 nitrogen and oxygen atoms in total. The van der Waals surface area contributed by atoms with E-state index in [0.717, 1.165) is 30.5 Å². The van der Waals surface area contributed by atoms with Crippen LogP contribution in [0.15, 0.2) is 36.5 Å². The summed E-state index contributed by atoms with van der Waals surface area (Å²) in [5.41, 5.74) is 2.36. The quantitative estimate of drug-likeness (QED) is 0.898. The van der Waals surface area contributed by atoms with Crippen molar-refractivity contribution in [1.29, 1.82) is 0 Å². The van der Waals surface area contributed by atoms with Crippen LogP contribution in [0.1, 0.15) is 29.7 Å². The molecular weight excluding hydrogens is 250 g/mol. The van der Waals surface area contributed by atoms with Gasteiger partial charge in [-0.25, -0.2) is 9.97 Å². The molecule has 1 aromatic heterocycles. The van der Waals surface area contributed by atoms with Crippen molar-refractivity contribution in [2.45, 2.75) is 31.8 Å². The van der Waals surface area contributed by atoms with E-state index in [1.165, 1.54) is 5.56 Å². The van der Waals surface area contributed by atoms with Gasteiger partial charge in [-0.05, 0) is 43.4 Å². The molecule has 0 spiro atoms. The van der Waals surface area contributed by atoms with Crippen molar-refractivity contribution in [3.8, 4) is 0 Å². The summed E-state index contributed by atoms with van der Waals surface area (Å²) in [7, 11) is 0. The zero-order chi connectivity index (χ0) is 14.0. The van der Waals surface area contributed by atoms with Crippen LogP contribution in [-0.2, 0) is 12.0 Å². The summed E-state index contributed by atoms with van der Waals surface area (Å²) < 4.78 is 0. The van der Waals surface area contributed by atoms with Crippen molar-refractivity contribution in [2.24, 2.45) is 0 Å². The van der Waals surface area contributed by atoms with Crippen LogP contribution < -0.4 is 5.32 Å². The van der Waals surface area contributed by atoms with Crippen LogP contribution in [0.5, 0.6) is 0 Å². The molecule has 1 atom stereocenters. The standard InChI is InChI=1S/C16H19N3O/c1-12-8-10-17-15(19-12)18-11-16(20)9-4-6-13-5-2-3-7-14(13)16/h2-3,5,7-8,10,20H,4,6,9,11H2,1H3,(H,17,18,19). The largest absolute Gasteiger partial charge is 0.383 e. The molecule has 4 heteroatoms. The fourth-order valence-corrected chi connectivity index (χ4v) is 2.84. The van der Waals surface area contributed by atoms with Gasteiger partial charge in [-0.15, -0.1) is 0 Å². The second-order valence-electron chi connectivity index (χ2n) is 5.42. The molecule has 1 aliphatic rings. The van der Waals surface area contributed by atoms with Gasteiger partial charge in [-0.2, -0.15) is 0 Å². The Hall–Kier alpha value is -1.94. The van der Waals surface area contributed by atoms with Crippen molar-refractivity contribution in [3.63, 3.8) is 0 Å². The molecule has 0 amide bonds. The van der Waals surface area contributed by atoms with Gasteiger partial charge in [0.25, 0.3) is 0 Å². The first kappa shape index (κ1) is 13.1. The summed E-state index contributed by atoms with van der Waals surface area (Å²) in [5, 5.41) is 14.1. The lowest BCUT2D eigenvalue weighted by Crippen LogP contribution is -2.37. The molecule has 0 aliphatic heterocycles. The Labute approximate surface area is 118 Å². The highest BCUT2D eigenvalue weighted by Crippen LogP contribution is 2.35. The number of fused-ring (bicyclic) bond motifs is 1. The number of rotatable bonds is 3. The lowest BCUT2D eigenvalue weighted by molar-refractivity contribution is 0.0321. The Morgan fingerprint density at radius 1 is 1.30 bits per heavy atom. The van der Waals surface area contributed by atoms with Gasteiger partial charge < -0.3 is 10.4 Å². The number of hydrogen-bond donors (Lipinski definition) is 2. The van der Waals surface area contributed by atoms with Gasteiger partial charge in [0.2, 0.25) is 5.95 Å². The van der Waals surface area contributed by atoms with Crippen LogP contribution in [0.3, 0.4) is 0 Å². The van der Waals surface area contributed by atoms with Crippen LogP contribution >= 0.6 is 0 Å². The summed E-state index contributed by atoms with van der Waals surface area (Å²) in [6.07, 6.45) is 4.54. The average molecular weight is 269 g/mol. The summed E-state index contributed by atoms with van der Waals surface area (Å²) in [4.78, 5) is 8.49. The third-order valence-electron chi connectivity index (χ3n) is 3.89. The molecule has 0 fully saturated rings. The Morgan fingerprint density at radius 3 is 3.00 bits per heavy atom. The highest BCUT2D eigenvalue weighted by Gasteiger charge is 2.34. The number of benzene rings is 1. The van der Waals surface area contributed by atoms with Crippen LogP contribution in [0.25, 0.3) is 0 Å². The Bertz CT molecular complexity index is 614. The molecule has 104 valence electrons. The molecule has 1 heterocycles. The molecular formula is C16H19N3O. The zero-order valence-electron chi connectivity index (χ0n) is 11.6. The van der Waals surface area contributed by atoms with E-state index in [1.54, 1.807) is 6.20 Å². The van der Waals surface area contributed by atoms with E-state index in [9.17, 15) is 5.11 Å². The van der Waals surface area contributed by atoms with Gasteiger partial charge in [0.05, 0.1) is 6.54 Å². The number of hydrogen-bond acceptors (Lipinski definition) is 4. The van der Waals surface area contributed by atoms with E-state index in [2.05, 4.69) is 21.4 Å². The van der Waals surface area contributed by atoms with Gasteiger partial charge in [0.15, 0.2) is 0 Å². The van der Waals surface area contributed by atoms with Crippen molar-refractivity contribution in [3.05, 3.63) is 53.3 Å². The number of nitrogens with zero attached hydrogens (tertiary/aromatic N) is 2. The monoisotopic (exact) mass is 269 g/mol. The minimum absolute atomic E-state index is 0.438. The highest BCUT2D eigenvalue weighted by atomic mass is 16.3. The number of aliphatic hydroxyl groups is 1. The summed E-state index contributed by atoms with van der Waals surface area (Å²) in [5.74, 6) is 0.571. The van der Waals surface area contributed by atoms with Crippen molar-refractivity contribution >= 4 is 5.95 Å². The van der Waals surface area contributed by atoms with Gasteiger partial charge in [-0.3, -0.25) is 0 Å². The molecule has 1 aliphatic carbocycles. The SMILES string of the molecule is Cc1ccnc(NCC2(O)CCCc3ccccc32)n1. The lowest BCUT2D eigenvalue weighted by atomic mass is 9.79. The van der Waals surface area contributed by atoms with Crippen LogP contribution in [0, 0.1) is 6.92 Å². The first-order chi connectivity index (χ1) is 9.67. The van der Waals surface area contributed by atoms with E-state index in [1.807, 2.05) is 31.2 Å². The lowest BCUT2D eigenvalue weighted by Gasteiger charge is -2.34. The second-order valence-corrected chi connectivity index (χ2v) is 5.42. The predicted octanol–water partition coefficient (Wildman–Crippen LogP) is 2.42. The first-order valence-corrected chi connectivity index (χ1v) is 7.02. The van der Waals surface area contributed by atoms with Crippen molar-refractivity contribution in [2.75, 3.05) is 11.9 Å². The number of aryl methyl sites for hydroxylation is 2. The number of nitrogens with one attached hydrogen (secondary N) is 1. The molecule has 0 bridgehead atoms. The highest BCUT2D eigenvalue weighted by molar-refractivity contribution is 5.37. The van der Waals surface area contributed by atoms with E-state index in [4.69, 9.17) is 0 Å². The Kier molecular flexibility index (Phi) is 3.40. The zero-order valence-corrected chi connectivity index (χ0v) is 11.6. The molecule has 0 saturated heterocycles. The normalized spacial score (nSPS) is 21.3. The molecule has 1 unspecified atom stereocenters. The topological polar surface area (TPSA) is 58.0 Å². The van der Waals surface area contributed by atoms with E-state index in [-0.39, 0.29) is 0 Å². The van der Waals surface area contributed by atoms with Crippen molar-refractivity contribution < 1.29 is 5.11 Å². The van der Waals surface area contributed by atoms with Crippen molar-refractivity contribution in [1.82, 2.24) is 9.97 Å². The van der Waals surface area contributed by atoms with E-state index >= 15 is 0 Å². The maximum absolute atomic E-state index is 10.9. The molecule has 2 aromatic rings. The maximum atomic E-state index is 10.9. The molecule has 0 saturated carbocycles. The molecule has 20 heavy (non-hydrogen) atoms. The minimum atomic E-state index is -0.831. The second kappa shape index (κ2) is 5.21. The minimum Gasteiger partial charge on any atom is -0.383 e. The average Bonchev–Trinajstić information content (AvgIpc) is 2.46.